The average Bonchev–Trinajstić information content (AvgIpc) is 2.73. The fourth-order valence-corrected chi connectivity index (χ4v) is 4.46. The van der Waals surface area contributed by atoms with Gasteiger partial charge in [-0.15, -0.1) is 0 Å². The van der Waals surface area contributed by atoms with E-state index in [4.69, 9.17) is 21.6 Å². The molecule has 148 valence electrons. The number of aryl methyl sites for hydroxylation is 2. The molecule has 0 N–H and O–H groups in total. The molecule has 1 aromatic carbocycles. The minimum absolute atomic E-state index is 0.0741. The largest absolute Gasteiger partial charge is 0.351 e. The lowest BCUT2D eigenvalue weighted by molar-refractivity contribution is 0.612. The molecule has 7 heteroatoms. The summed E-state index contributed by atoms with van der Waals surface area (Å²) in [4.78, 5) is 24.2. The number of aromatic nitrogens is 4. The summed E-state index contributed by atoms with van der Waals surface area (Å²) in [5.74, 6) is 1.71. The number of hydrogen-bond acceptors (Lipinski definition) is 5. The van der Waals surface area contributed by atoms with Gasteiger partial charge in [-0.05, 0) is 37.8 Å². The van der Waals surface area contributed by atoms with Crippen LogP contribution in [0.25, 0.3) is 11.4 Å². The van der Waals surface area contributed by atoms with Gasteiger partial charge < -0.3 is 4.90 Å². The van der Waals surface area contributed by atoms with E-state index in [0.717, 1.165) is 72.8 Å². The second-order valence-electron chi connectivity index (χ2n) is 7.76. The van der Waals surface area contributed by atoms with Gasteiger partial charge in [-0.3, -0.25) is 4.79 Å². The first-order chi connectivity index (χ1) is 14.1. The van der Waals surface area contributed by atoms with Crippen LogP contribution >= 0.6 is 11.6 Å². The van der Waals surface area contributed by atoms with Crippen LogP contribution in [0.1, 0.15) is 35.4 Å². The van der Waals surface area contributed by atoms with Crippen LogP contribution in [0.4, 0.5) is 5.82 Å². The lowest BCUT2D eigenvalue weighted by atomic mass is 9.95. The molecule has 6 nitrogen and oxygen atoms in total. The number of benzene rings is 1. The van der Waals surface area contributed by atoms with E-state index in [0.29, 0.717) is 11.6 Å². The van der Waals surface area contributed by atoms with Gasteiger partial charge in [0.05, 0.1) is 5.69 Å². The second-order valence-corrected chi connectivity index (χ2v) is 8.20. The fourth-order valence-electron chi connectivity index (χ4n) is 4.27. The van der Waals surface area contributed by atoms with Crippen molar-refractivity contribution < 1.29 is 0 Å². The molecule has 0 amide bonds. The van der Waals surface area contributed by atoms with Crippen LogP contribution in [0.15, 0.2) is 35.1 Å². The fraction of sp³-hybridized carbons (Fsp3) is 0.364. The second kappa shape index (κ2) is 7.26. The highest BCUT2D eigenvalue weighted by Crippen LogP contribution is 2.33. The predicted molar refractivity (Wildman–Crippen MR) is 113 cm³/mol. The van der Waals surface area contributed by atoms with Gasteiger partial charge in [0.15, 0.2) is 5.82 Å². The van der Waals surface area contributed by atoms with E-state index in [1.165, 1.54) is 10.2 Å². The highest BCUT2D eigenvalue weighted by molar-refractivity contribution is 6.30. The Morgan fingerprint density at radius 1 is 1.03 bits per heavy atom. The smallest absolute Gasteiger partial charge is 0.266 e. The normalized spacial score (nSPS) is 15.7. The summed E-state index contributed by atoms with van der Waals surface area (Å²) in [6.45, 7) is 1.48. The highest BCUT2D eigenvalue weighted by atomic mass is 35.5. The third-order valence-electron chi connectivity index (χ3n) is 5.78. The van der Waals surface area contributed by atoms with Crippen LogP contribution in [0.5, 0.6) is 0 Å². The highest BCUT2D eigenvalue weighted by Gasteiger charge is 2.26. The Morgan fingerprint density at radius 3 is 2.76 bits per heavy atom. The van der Waals surface area contributed by atoms with Gasteiger partial charge in [0.25, 0.3) is 5.56 Å². The van der Waals surface area contributed by atoms with Crippen molar-refractivity contribution in [1.29, 1.82) is 0 Å². The summed E-state index contributed by atoms with van der Waals surface area (Å²) < 4.78 is 1.41. The molecule has 2 aliphatic rings. The SMILES string of the molecule is Cn1nc2c(cc1=O)CN(c1nc(-c3cccc(Cl)c3)nc3c1CCCC3)CC2. The molecule has 0 saturated heterocycles. The quantitative estimate of drug-likeness (QED) is 0.652. The predicted octanol–water partition coefficient (Wildman–Crippen LogP) is 3.33. The van der Waals surface area contributed by atoms with Crippen molar-refractivity contribution in [2.75, 3.05) is 11.4 Å². The van der Waals surface area contributed by atoms with E-state index in [2.05, 4.69) is 10.00 Å². The molecule has 0 unspecified atom stereocenters. The Bertz CT molecular complexity index is 1160. The summed E-state index contributed by atoms with van der Waals surface area (Å²) in [5.41, 5.74) is 5.24. The van der Waals surface area contributed by atoms with Crippen LogP contribution in [0.3, 0.4) is 0 Å². The van der Waals surface area contributed by atoms with Crippen molar-refractivity contribution in [2.24, 2.45) is 7.05 Å². The summed E-state index contributed by atoms with van der Waals surface area (Å²) in [6, 6.07) is 9.41. The van der Waals surface area contributed by atoms with Gasteiger partial charge in [0.2, 0.25) is 0 Å². The zero-order chi connectivity index (χ0) is 20.0. The number of hydrogen-bond donors (Lipinski definition) is 0. The maximum atomic E-state index is 12.1. The van der Waals surface area contributed by atoms with Gasteiger partial charge in [0, 0.05) is 60.0 Å². The first kappa shape index (κ1) is 18.3. The van der Waals surface area contributed by atoms with E-state index in [-0.39, 0.29) is 5.56 Å². The number of anilines is 1. The maximum absolute atomic E-state index is 12.1. The summed E-state index contributed by atoms with van der Waals surface area (Å²) in [5, 5.41) is 5.11. The Morgan fingerprint density at radius 2 is 1.90 bits per heavy atom. The Labute approximate surface area is 174 Å². The molecule has 5 rings (SSSR count). The van der Waals surface area contributed by atoms with Crippen molar-refractivity contribution in [2.45, 2.75) is 38.6 Å². The summed E-state index contributed by atoms with van der Waals surface area (Å²) in [6.07, 6.45) is 5.09. The third kappa shape index (κ3) is 3.42. The molecular weight excluding hydrogens is 386 g/mol. The standard InChI is InChI=1S/C22H22ClN5O/c1-27-20(29)12-15-13-28(10-9-18(15)26-27)22-17-7-2-3-8-19(17)24-21(25-22)14-5-4-6-16(23)11-14/h4-6,11-12H,2-3,7-10,13H2,1H3. The van der Waals surface area contributed by atoms with Crippen molar-refractivity contribution >= 4 is 17.4 Å². The van der Waals surface area contributed by atoms with Crippen LogP contribution in [0, 0.1) is 0 Å². The maximum Gasteiger partial charge on any atom is 0.266 e. The Balaban J connectivity index is 1.59. The lowest BCUT2D eigenvalue weighted by Gasteiger charge is -2.32. The van der Waals surface area contributed by atoms with Gasteiger partial charge in [-0.2, -0.15) is 5.10 Å². The minimum atomic E-state index is -0.0741. The van der Waals surface area contributed by atoms with Gasteiger partial charge >= 0.3 is 0 Å². The molecule has 0 spiro atoms. The van der Waals surface area contributed by atoms with Crippen LogP contribution in [-0.2, 0) is 32.9 Å². The molecule has 0 radical (unpaired) electrons. The van der Waals surface area contributed by atoms with E-state index in [1.807, 2.05) is 24.3 Å². The monoisotopic (exact) mass is 407 g/mol. The molecule has 2 aromatic heterocycles. The van der Waals surface area contributed by atoms with E-state index >= 15 is 0 Å². The van der Waals surface area contributed by atoms with Gasteiger partial charge in [-0.1, -0.05) is 23.7 Å². The molecule has 3 heterocycles. The van der Waals surface area contributed by atoms with E-state index in [1.54, 1.807) is 13.1 Å². The molecule has 0 atom stereocenters. The molecule has 1 aliphatic heterocycles. The third-order valence-corrected chi connectivity index (χ3v) is 6.02. The van der Waals surface area contributed by atoms with Gasteiger partial charge in [-0.25, -0.2) is 14.6 Å². The Hall–Kier alpha value is -2.73. The first-order valence-electron chi connectivity index (χ1n) is 10.1. The molecule has 0 fully saturated rings. The van der Waals surface area contributed by atoms with E-state index < -0.39 is 0 Å². The van der Waals surface area contributed by atoms with Crippen LogP contribution in [-0.4, -0.2) is 26.3 Å². The summed E-state index contributed by atoms with van der Waals surface area (Å²) >= 11 is 6.21. The lowest BCUT2D eigenvalue weighted by Crippen LogP contribution is -2.36. The number of fused-ring (bicyclic) bond motifs is 2. The van der Waals surface area contributed by atoms with Crippen molar-refractivity contribution in [3.63, 3.8) is 0 Å². The van der Waals surface area contributed by atoms with Crippen LogP contribution in [0.2, 0.25) is 5.02 Å². The van der Waals surface area contributed by atoms with Crippen molar-refractivity contribution in [1.82, 2.24) is 19.7 Å². The zero-order valence-electron chi connectivity index (χ0n) is 16.4. The van der Waals surface area contributed by atoms with Crippen molar-refractivity contribution in [3.05, 3.63) is 68.2 Å². The molecule has 29 heavy (non-hydrogen) atoms. The summed E-state index contributed by atoms with van der Waals surface area (Å²) in [7, 11) is 1.70. The van der Waals surface area contributed by atoms with Gasteiger partial charge in [0.1, 0.15) is 5.82 Å². The number of halogens is 1. The minimum Gasteiger partial charge on any atom is -0.351 e. The topological polar surface area (TPSA) is 63.9 Å². The van der Waals surface area contributed by atoms with Crippen LogP contribution < -0.4 is 10.5 Å². The molecule has 1 aliphatic carbocycles. The van der Waals surface area contributed by atoms with E-state index in [9.17, 15) is 4.79 Å². The molecular formula is C22H22ClN5O. The molecule has 0 saturated carbocycles. The molecule has 3 aromatic rings. The first-order valence-corrected chi connectivity index (χ1v) is 10.4. The molecule has 0 bridgehead atoms. The number of nitrogens with zero attached hydrogens (tertiary/aromatic N) is 5. The zero-order valence-corrected chi connectivity index (χ0v) is 17.1. The van der Waals surface area contributed by atoms with Crippen molar-refractivity contribution in [3.8, 4) is 11.4 Å². The Kier molecular flexibility index (Phi) is 4.59. The average molecular weight is 408 g/mol. The number of rotatable bonds is 2.